The summed E-state index contributed by atoms with van der Waals surface area (Å²) in [5.41, 5.74) is 7.06. The fourth-order valence-electron chi connectivity index (χ4n) is 3.45. The van der Waals surface area contributed by atoms with Crippen LogP contribution >= 0.6 is 23.1 Å². The van der Waals surface area contributed by atoms with Crippen LogP contribution in [0.15, 0.2) is 29.2 Å². The van der Waals surface area contributed by atoms with Crippen LogP contribution in [-0.4, -0.2) is 46.9 Å². The van der Waals surface area contributed by atoms with Crippen LogP contribution < -0.4 is 11.1 Å². The van der Waals surface area contributed by atoms with Crippen LogP contribution in [-0.2, 0) is 27.2 Å². The van der Waals surface area contributed by atoms with E-state index in [-0.39, 0.29) is 12.5 Å². The highest BCUT2D eigenvalue weighted by molar-refractivity contribution is 8.00. The molecule has 0 radical (unpaired) electrons. The molecule has 0 saturated carbocycles. The molecule has 2 heterocycles. The van der Waals surface area contributed by atoms with E-state index >= 15 is 0 Å². The molecule has 0 fully saturated rings. The fourth-order valence-corrected chi connectivity index (χ4v) is 5.64. The first kappa shape index (κ1) is 25.9. The maximum atomic E-state index is 13.0. The van der Waals surface area contributed by atoms with Crippen LogP contribution in [0.4, 0.5) is 15.5 Å². The Bertz CT molecular complexity index is 1080. The lowest BCUT2D eigenvalue weighted by Crippen LogP contribution is -2.39. The van der Waals surface area contributed by atoms with Gasteiger partial charge in [0.15, 0.2) is 0 Å². The number of esters is 1. The summed E-state index contributed by atoms with van der Waals surface area (Å²) in [5, 5.41) is 2.94. The number of nitrogens with one attached hydrogen (secondary N) is 1. The minimum atomic E-state index is -0.598. The van der Waals surface area contributed by atoms with E-state index in [1.54, 1.807) is 24.8 Å². The molecule has 1 aromatic heterocycles. The van der Waals surface area contributed by atoms with Gasteiger partial charge in [0.1, 0.15) is 10.6 Å². The first-order valence-electron chi connectivity index (χ1n) is 11.1. The molecule has 1 aliphatic heterocycles. The Morgan fingerprint density at radius 1 is 1.29 bits per heavy atom. The van der Waals surface area contributed by atoms with Gasteiger partial charge in [0, 0.05) is 22.0 Å². The number of hydrogen-bond acceptors (Lipinski definition) is 8. The second-order valence-corrected chi connectivity index (χ2v) is 11.4. The van der Waals surface area contributed by atoms with Crippen molar-refractivity contribution in [2.75, 3.05) is 24.2 Å². The summed E-state index contributed by atoms with van der Waals surface area (Å²) in [4.78, 5) is 41.7. The van der Waals surface area contributed by atoms with E-state index in [1.165, 1.54) is 23.1 Å². The van der Waals surface area contributed by atoms with E-state index in [0.29, 0.717) is 35.8 Å². The molecule has 8 nitrogen and oxygen atoms in total. The Morgan fingerprint density at radius 3 is 2.68 bits per heavy atom. The summed E-state index contributed by atoms with van der Waals surface area (Å²) >= 11 is 2.68. The molecule has 1 atom stereocenters. The van der Waals surface area contributed by atoms with Gasteiger partial charge in [0.25, 0.3) is 0 Å². The van der Waals surface area contributed by atoms with Gasteiger partial charge in [0.05, 0.1) is 24.0 Å². The SMILES string of the molecule is CCOC(=O)c1c(NC(=O)C(C)Sc2cccc(N)c2)sc2c1CCN(C(=O)OC(C)(C)C)C2. The molecule has 1 aliphatic rings. The van der Waals surface area contributed by atoms with Crippen molar-refractivity contribution in [2.45, 2.75) is 63.3 Å². The van der Waals surface area contributed by atoms with Crippen molar-refractivity contribution in [2.24, 2.45) is 0 Å². The number of carbonyl (C=O) groups excluding carboxylic acids is 3. The van der Waals surface area contributed by atoms with Crippen LogP contribution in [0.2, 0.25) is 0 Å². The number of nitrogens with two attached hydrogens (primary N) is 1. The zero-order valence-corrected chi connectivity index (χ0v) is 21.7. The Labute approximate surface area is 208 Å². The minimum absolute atomic E-state index is 0.225. The summed E-state index contributed by atoms with van der Waals surface area (Å²) in [6, 6.07) is 7.33. The summed E-state index contributed by atoms with van der Waals surface area (Å²) in [7, 11) is 0. The predicted molar refractivity (Wildman–Crippen MR) is 135 cm³/mol. The molecule has 0 saturated heterocycles. The number of amides is 2. The summed E-state index contributed by atoms with van der Waals surface area (Å²) in [6.07, 6.45) is 0.0739. The van der Waals surface area contributed by atoms with Crippen LogP contribution in [0.5, 0.6) is 0 Å². The molecule has 3 rings (SSSR count). The van der Waals surface area contributed by atoms with Gasteiger partial charge in [-0.1, -0.05) is 6.07 Å². The van der Waals surface area contributed by atoms with E-state index in [2.05, 4.69) is 5.32 Å². The zero-order valence-electron chi connectivity index (χ0n) is 20.1. The highest BCUT2D eigenvalue weighted by Crippen LogP contribution is 2.38. The smallest absolute Gasteiger partial charge is 0.410 e. The molecule has 2 amide bonds. The van der Waals surface area contributed by atoms with Crippen LogP contribution in [0.25, 0.3) is 0 Å². The highest BCUT2D eigenvalue weighted by atomic mass is 32.2. The van der Waals surface area contributed by atoms with Crippen molar-refractivity contribution in [1.82, 2.24) is 4.90 Å². The van der Waals surface area contributed by atoms with Gasteiger partial charge in [-0.3, -0.25) is 4.79 Å². The number of hydrogen-bond donors (Lipinski definition) is 2. The zero-order chi connectivity index (χ0) is 25.0. The summed E-state index contributed by atoms with van der Waals surface area (Å²) < 4.78 is 10.8. The summed E-state index contributed by atoms with van der Waals surface area (Å²) in [6.45, 7) is 9.95. The lowest BCUT2D eigenvalue weighted by atomic mass is 10.0. The van der Waals surface area contributed by atoms with Crippen LogP contribution in [0.1, 0.15) is 55.4 Å². The number of nitrogens with zero attached hydrogens (tertiary/aromatic N) is 1. The second kappa shape index (κ2) is 10.7. The maximum absolute atomic E-state index is 13.0. The number of ether oxygens (including phenoxy) is 2. The fraction of sp³-hybridized carbons (Fsp3) is 0.458. The molecular weight excluding hydrogens is 474 g/mol. The number of thioether (sulfide) groups is 1. The molecule has 0 bridgehead atoms. The van der Waals surface area contributed by atoms with Crippen molar-refractivity contribution in [3.05, 3.63) is 40.3 Å². The molecule has 10 heteroatoms. The van der Waals surface area contributed by atoms with Gasteiger partial charge in [-0.25, -0.2) is 9.59 Å². The predicted octanol–water partition coefficient (Wildman–Crippen LogP) is 4.92. The topological polar surface area (TPSA) is 111 Å². The molecule has 1 aromatic carbocycles. The second-order valence-electron chi connectivity index (χ2n) is 8.90. The van der Waals surface area contributed by atoms with Crippen molar-refractivity contribution in [3.63, 3.8) is 0 Å². The van der Waals surface area contributed by atoms with E-state index in [9.17, 15) is 14.4 Å². The Hall–Kier alpha value is -2.72. The average molecular weight is 506 g/mol. The molecule has 2 aromatic rings. The normalized spacial score (nSPS) is 14.2. The lowest BCUT2D eigenvalue weighted by Gasteiger charge is -2.30. The molecule has 0 spiro atoms. The number of fused-ring (bicyclic) bond motifs is 1. The van der Waals surface area contributed by atoms with Crippen LogP contribution in [0.3, 0.4) is 0 Å². The number of benzene rings is 1. The van der Waals surface area contributed by atoms with Crippen molar-refractivity contribution >= 4 is 51.8 Å². The summed E-state index contributed by atoms with van der Waals surface area (Å²) in [5.74, 6) is -0.710. The monoisotopic (exact) mass is 505 g/mol. The molecule has 3 N–H and O–H groups in total. The van der Waals surface area contributed by atoms with Crippen molar-refractivity contribution in [3.8, 4) is 0 Å². The van der Waals surface area contributed by atoms with Gasteiger partial charge < -0.3 is 25.4 Å². The Balaban J connectivity index is 1.81. The van der Waals surface area contributed by atoms with Crippen molar-refractivity contribution < 1.29 is 23.9 Å². The van der Waals surface area contributed by atoms with Gasteiger partial charge in [-0.05, 0) is 64.8 Å². The molecule has 1 unspecified atom stereocenters. The molecule has 0 aliphatic carbocycles. The standard InChI is InChI=1S/C24H31N3O5S2/c1-6-31-22(29)19-17-10-11-27(23(30)32-24(3,4)5)13-18(17)34-21(19)26-20(28)14(2)33-16-9-7-8-15(25)12-16/h7-9,12,14H,6,10-11,13,25H2,1-5H3,(H,26,28). The van der Waals surface area contributed by atoms with E-state index in [1.807, 2.05) is 39.0 Å². The van der Waals surface area contributed by atoms with Crippen LogP contribution in [0, 0.1) is 0 Å². The number of thiophene rings is 1. The first-order valence-corrected chi connectivity index (χ1v) is 12.8. The third-order valence-electron chi connectivity index (χ3n) is 4.97. The quantitative estimate of drug-likeness (QED) is 0.326. The Morgan fingerprint density at radius 2 is 2.03 bits per heavy atom. The van der Waals surface area contributed by atoms with Gasteiger partial charge >= 0.3 is 12.1 Å². The third kappa shape index (κ3) is 6.44. The molecule has 34 heavy (non-hydrogen) atoms. The average Bonchev–Trinajstić information content (AvgIpc) is 3.09. The maximum Gasteiger partial charge on any atom is 0.410 e. The third-order valence-corrected chi connectivity index (χ3v) is 7.19. The molecular formula is C24H31N3O5S2. The van der Waals surface area contributed by atoms with E-state index in [4.69, 9.17) is 15.2 Å². The Kier molecular flexibility index (Phi) is 8.14. The number of rotatable bonds is 6. The van der Waals surface area contributed by atoms with Gasteiger partial charge in [-0.2, -0.15) is 0 Å². The number of nitrogen functional groups attached to an aromatic ring is 1. The first-order chi connectivity index (χ1) is 16.0. The van der Waals surface area contributed by atoms with Gasteiger partial charge in [-0.15, -0.1) is 23.1 Å². The largest absolute Gasteiger partial charge is 0.462 e. The lowest BCUT2D eigenvalue weighted by molar-refractivity contribution is -0.115. The van der Waals surface area contributed by atoms with Crippen molar-refractivity contribution in [1.29, 1.82) is 0 Å². The van der Waals surface area contributed by atoms with E-state index < -0.39 is 22.9 Å². The van der Waals surface area contributed by atoms with Gasteiger partial charge in [0.2, 0.25) is 5.91 Å². The minimum Gasteiger partial charge on any atom is -0.462 e. The number of carbonyl (C=O) groups is 3. The number of anilines is 2. The molecule has 184 valence electrons. The van der Waals surface area contributed by atoms with E-state index in [0.717, 1.165) is 15.3 Å². The highest BCUT2D eigenvalue weighted by Gasteiger charge is 2.33.